The van der Waals surface area contributed by atoms with E-state index in [2.05, 4.69) is 30.2 Å². The van der Waals surface area contributed by atoms with Crippen LogP contribution in [0, 0.1) is 0 Å². The molecule has 2 N–H and O–H groups in total. The summed E-state index contributed by atoms with van der Waals surface area (Å²) in [6.45, 7) is 3.88. The normalized spacial score (nSPS) is 19.8. The van der Waals surface area contributed by atoms with Gasteiger partial charge in [-0.1, -0.05) is 23.6 Å². The van der Waals surface area contributed by atoms with E-state index in [-0.39, 0.29) is 17.9 Å². The van der Waals surface area contributed by atoms with Crippen molar-refractivity contribution >= 4 is 24.0 Å². The molecule has 1 unspecified atom stereocenters. The van der Waals surface area contributed by atoms with Gasteiger partial charge in [-0.15, -0.1) is 12.4 Å². The fraction of sp³-hybridized carbons (Fsp3) is 0.636. The molecule has 0 fully saturated rings. The Kier molecular flexibility index (Phi) is 7.93. The molecule has 1 atom stereocenters. The zero-order valence-electron chi connectivity index (χ0n) is 9.16. The highest BCUT2D eigenvalue weighted by molar-refractivity contribution is 6.21. The van der Waals surface area contributed by atoms with Crippen LogP contribution in [0.4, 0.5) is 0 Å². The predicted octanol–water partition coefficient (Wildman–Crippen LogP) is 2.88. The number of alkyl halides is 1. The van der Waals surface area contributed by atoms with E-state index < -0.39 is 0 Å². The fourth-order valence-electron chi connectivity index (χ4n) is 1.48. The monoisotopic (exact) mass is 250 g/mol. The summed E-state index contributed by atoms with van der Waals surface area (Å²) < 4.78 is 0. The average Bonchev–Trinajstić information content (AvgIpc) is 2.15. The van der Waals surface area contributed by atoms with E-state index in [4.69, 9.17) is 17.3 Å². The molecule has 4 heteroatoms. The van der Waals surface area contributed by atoms with Gasteiger partial charge < -0.3 is 10.6 Å². The van der Waals surface area contributed by atoms with Crippen LogP contribution in [-0.2, 0) is 0 Å². The first-order valence-electron chi connectivity index (χ1n) is 5.20. The van der Waals surface area contributed by atoms with Crippen molar-refractivity contribution in [3.63, 3.8) is 0 Å². The zero-order valence-corrected chi connectivity index (χ0v) is 10.7. The van der Waals surface area contributed by atoms with E-state index >= 15 is 0 Å². The molecule has 0 aromatic carbocycles. The minimum absolute atomic E-state index is 0. The Balaban J connectivity index is 0.00000196. The molecule has 2 nitrogen and oxygen atoms in total. The lowest BCUT2D eigenvalue weighted by atomic mass is 10.2. The van der Waals surface area contributed by atoms with Crippen molar-refractivity contribution in [2.75, 3.05) is 13.1 Å². The molecule has 0 saturated carbocycles. The Hall–Kier alpha value is -0.180. The topological polar surface area (TPSA) is 29.3 Å². The molecule has 0 radical (unpaired) electrons. The molecule has 1 aliphatic heterocycles. The lowest BCUT2D eigenvalue weighted by Crippen LogP contribution is -2.27. The highest BCUT2D eigenvalue weighted by Crippen LogP contribution is 2.17. The quantitative estimate of drug-likeness (QED) is 0.462. The van der Waals surface area contributed by atoms with Crippen LogP contribution in [0.1, 0.15) is 26.2 Å². The number of hydrogen-bond acceptors (Lipinski definition) is 2. The van der Waals surface area contributed by atoms with Gasteiger partial charge in [0.05, 0.1) is 0 Å². The summed E-state index contributed by atoms with van der Waals surface area (Å²) >= 11 is 6.16. The molecule has 15 heavy (non-hydrogen) atoms. The van der Waals surface area contributed by atoms with Crippen LogP contribution >= 0.6 is 24.0 Å². The van der Waals surface area contributed by atoms with Crippen LogP contribution < -0.4 is 5.73 Å². The minimum Gasteiger partial charge on any atom is -0.358 e. The van der Waals surface area contributed by atoms with E-state index in [0.29, 0.717) is 0 Å². The third-order valence-corrected chi connectivity index (χ3v) is 2.74. The molecule has 0 aliphatic carbocycles. The number of nitrogens with two attached hydrogens (primary N) is 1. The van der Waals surface area contributed by atoms with Gasteiger partial charge in [0.1, 0.15) is 5.50 Å². The van der Waals surface area contributed by atoms with Crippen LogP contribution in [0.2, 0.25) is 0 Å². The van der Waals surface area contributed by atoms with Crippen LogP contribution in [-0.4, -0.2) is 23.5 Å². The second kappa shape index (κ2) is 8.03. The standard InChI is InChI=1S/C11H19ClN2.ClH/c1-10-5-8-14(11(12)9-10)7-4-2-3-6-13;/h5,8-9,11H,2-4,6-7,13H2,1H3;1H. The highest BCUT2D eigenvalue weighted by Gasteiger charge is 2.11. The van der Waals surface area contributed by atoms with E-state index in [0.717, 1.165) is 25.9 Å². The molecule has 0 spiro atoms. The van der Waals surface area contributed by atoms with E-state index in [1.54, 1.807) is 0 Å². The van der Waals surface area contributed by atoms with Crippen molar-refractivity contribution in [2.24, 2.45) is 5.73 Å². The lowest BCUT2D eigenvalue weighted by molar-refractivity contribution is 0.367. The number of nitrogens with zero attached hydrogens (tertiary/aromatic N) is 1. The van der Waals surface area contributed by atoms with Gasteiger partial charge >= 0.3 is 0 Å². The van der Waals surface area contributed by atoms with Gasteiger partial charge in [-0.05, 0) is 38.5 Å². The SMILES string of the molecule is CC1=CC(Cl)N(CCCCCN)C=C1.Cl. The first-order valence-corrected chi connectivity index (χ1v) is 5.64. The largest absolute Gasteiger partial charge is 0.358 e. The molecule has 0 saturated heterocycles. The molecule has 88 valence electrons. The summed E-state index contributed by atoms with van der Waals surface area (Å²) in [5.41, 5.74) is 6.69. The van der Waals surface area contributed by atoms with Gasteiger partial charge in [0.15, 0.2) is 0 Å². The average molecular weight is 251 g/mol. The van der Waals surface area contributed by atoms with E-state index in [1.165, 1.54) is 12.0 Å². The Labute approximate surface area is 104 Å². The fourth-order valence-corrected chi connectivity index (χ4v) is 1.84. The summed E-state index contributed by atoms with van der Waals surface area (Å²) in [5, 5.41) is 0. The maximum atomic E-state index is 6.16. The van der Waals surface area contributed by atoms with E-state index in [1.807, 2.05) is 0 Å². The number of halogens is 2. The van der Waals surface area contributed by atoms with Crippen molar-refractivity contribution in [2.45, 2.75) is 31.7 Å². The van der Waals surface area contributed by atoms with Gasteiger partial charge in [0, 0.05) is 12.7 Å². The lowest BCUT2D eigenvalue weighted by Gasteiger charge is -2.27. The number of hydrogen-bond donors (Lipinski definition) is 1. The Morgan fingerprint density at radius 1 is 1.40 bits per heavy atom. The van der Waals surface area contributed by atoms with Crippen molar-refractivity contribution in [3.8, 4) is 0 Å². The van der Waals surface area contributed by atoms with Crippen LogP contribution in [0.3, 0.4) is 0 Å². The predicted molar refractivity (Wildman–Crippen MR) is 69.4 cm³/mol. The Bertz CT molecular complexity index is 227. The molecule has 0 aromatic rings. The summed E-state index contributed by atoms with van der Waals surface area (Å²) in [7, 11) is 0. The minimum atomic E-state index is 0. The van der Waals surface area contributed by atoms with E-state index in [9.17, 15) is 0 Å². The first-order chi connectivity index (χ1) is 6.74. The van der Waals surface area contributed by atoms with Crippen molar-refractivity contribution in [1.29, 1.82) is 0 Å². The maximum Gasteiger partial charge on any atom is 0.123 e. The smallest absolute Gasteiger partial charge is 0.123 e. The van der Waals surface area contributed by atoms with Gasteiger partial charge in [-0.2, -0.15) is 0 Å². The summed E-state index contributed by atoms with van der Waals surface area (Å²) in [6.07, 6.45) is 9.71. The Morgan fingerprint density at radius 2 is 2.13 bits per heavy atom. The first kappa shape index (κ1) is 14.8. The molecule has 0 aromatic heterocycles. The maximum absolute atomic E-state index is 6.16. The molecular formula is C11H20Cl2N2. The van der Waals surface area contributed by atoms with Crippen LogP contribution in [0.25, 0.3) is 0 Å². The summed E-state index contributed by atoms with van der Waals surface area (Å²) in [6, 6.07) is 0. The van der Waals surface area contributed by atoms with Crippen molar-refractivity contribution in [1.82, 2.24) is 4.90 Å². The molecule has 1 aliphatic rings. The number of rotatable bonds is 5. The van der Waals surface area contributed by atoms with Crippen LogP contribution in [0.15, 0.2) is 23.9 Å². The summed E-state index contributed by atoms with van der Waals surface area (Å²) in [5.74, 6) is 0. The zero-order chi connectivity index (χ0) is 10.4. The van der Waals surface area contributed by atoms with Crippen molar-refractivity contribution in [3.05, 3.63) is 23.9 Å². The molecule has 0 amide bonds. The van der Waals surface area contributed by atoms with Gasteiger partial charge in [0.2, 0.25) is 0 Å². The number of allylic oxidation sites excluding steroid dienone is 2. The highest BCUT2D eigenvalue weighted by atomic mass is 35.5. The molecule has 1 heterocycles. The summed E-state index contributed by atoms with van der Waals surface area (Å²) in [4.78, 5) is 2.16. The third kappa shape index (κ3) is 5.45. The molecular weight excluding hydrogens is 231 g/mol. The second-order valence-corrected chi connectivity index (χ2v) is 4.13. The second-order valence-electron chi connectivity index (χ2n) is 3.69. The Morgan fingerprint density at radius 3 is 2.73 bits per heavy atom. The number of unbranched alkanes of at least 4 members (excludes halogenated alkanes) is 2. The van der Waals surface area contributed by atoms with Crippen LogP contribution in [0.5, 0.6) is 0 Å². The van der Waals surface area contributed by atoms with Gasteiger partial charge in [-0.25, -0.2) is 0 Å². The van der Waals surface area contributed by atoms with Gasteiger partial charge in [0.25, 0.3) is 0 Å². The molecule has 1 rings (SSSR count). The molecule has 0 bridgehead atoms. The van der Waals surface area contributed by atoms with Crippen molar-refractivity contribution < 1.29 is 0 Å². The third-order valence-electron chi connectivity index (χ3n) is 2.37. The van der Waals surface area contributed by atoms with Gasteiger partial charge in [-0.3, -0.25) is 0 Å².